The van der Waals surface area contributed by atoms with E-state index < -0.39 is 18.8 Å². The van der Waals surface area contributed by atoms with E-state index in [4.69, 9.17) is 5.11 Å². The lowest BCUT2D eigenvalue weighted by molar-refractivity contribution is -0.208. The van der Waals surface area contributed by atoms with Crippen molar-refractivity contribution < 1.29 is 18.3 Å². The maximum Gasteiger partial charge on any atom is 0.415 e. The Morgan fingerprint density at radius 2 is 2.26 bits per heavy atom. The number of pyridine rings is 1. The molecule has 0 unspecified atom stereocenters. The second-order valence-corrected chi connectivity index (χ2v) is 4.95. The maximum atomic E-state index is 12.4. The monoisotopic (exact) mass is 274 g/mol. The van der Waals surface area contributed by atoms with Crippen molar-refractivity contribution in [2.45, 2.75) is 37.6 Å². The summed E-state index contributed by atoms with van der Waals surface area (Å²) in [5.74, 6) is 0. The molecule has 0 fully saturated rings. The fraction of sp³-hybridized carbons (Fsp3) is 0.615. The molecule has 0 aromatic carbocycles. The van der Waals surface area contributed by atoms with Crippen LogP contribution < -0.4 is 0 Å². The minimum atomic E-state index is -4.57. The number of nitrogens with zero attached hydrogens (tertiary/aromatic N) is 2. The zero-order valence-electron chi connectivity index (χ0n) is 10.7. The van der Waals surface area contributed by atoms with Gasteiger partial charge in [0, 0.05) is 12.7 Å². The highest BCUT2D eigenvalue weighted by Gasteiger charge is 2.40. The zero-order valence-corrected chi connectivity index (χ0v) is 10.7. The molecule has 0 saturated heterocycles. The van der Waals surface area contributed by atoms with Crippen LogP contribution in [0.4, 0.5) is 13.2 Å². The number of likely N-dealkylation sites (N-methyl/N-ethyl adjacent to an activating group) is 1. The summed E-state index contributed by atoms with van der Waals surface area (Å²) in [6, 6.07) is 3.65. The molecule has 0 amide bonds. The number of rotatable bonds is 3. The van der Waals surface area contributed by atoms with Crippen LogP contribution in [0.2, 0.25) is 0 Å². The zero-order chi connectivity index (χ0) is 14.0. The normalized spacial score (nSPS) is 21.3. The minimum Gasteiger partial charge on any atom is -0.382 e. The number of aliphatic hydroxyl groups is 1. The van der Waals surface area contributed by atoms with Gasteiger partial charge in [0.2, 0.25) is 0 Å². The fourth-order valence-corrected chi connectivity index (χ4v) is 2.52. The molecule has 0 radical (unpaired) electrons. The van der Waals surface area contributed by atoms with Crippen LogP contribution in [0.15, 0.2) is 18.3 Å². The average Bonchev–Trinajstić information content (AvgIpc) is 2.36. The molecule has 1 N–H and O–H groups in total. The number of hydrogen-bond donors (Lipinski definition) is 1. The van der Waals surface area contributed by atoms with Crippen LogP contribution in [0.25, 0.3) is 0 Å². The SMILES string of the molecule is CN(C[C@@H](O)C(F)(F)F)[C@H]1CCCc2cccnc21. The number of fused-ring (bicyclic) bond motifs is 1. The molecule has 1 aliphatic rings. The Hall–Kier alpha value is -1.14. The van der Waals surface area contributed by atoms with Gasteiger partial charge in [-0.1, -0.05) is 6.07 Å². The van der Waals surface area contributed by atoms with Crippen molar-refractivity contribution in [1.29, 1.82) is 0 Å². The molecule has 2 atom stereocenters. The highest BCUT2D eigenvalue weighted by Crippen LogP contribution is 2.32. The third kappa shape index (κ3) is 3.25. The van der Waals surface area contributed by atoms with Crippen molar-refractivity contribution in [2.75, 3.05) is 13.6 Å². The second-order valence-electron chi connectivity index (χ2n) is 4.95. The van der Waals surface area contributed by atoms with Gasteiger partial charge in [-0.3, -0.25) is 9.88 Å². The molecular formula is C13H17F3N2O. The Morgan fingerprint density at radius 3 is 2.95 bits per heavy atom. The molecule has 0 saturated carbocycles. The van der Waals surface area contributed by atoms with Gasteiger partial charge in [0.1, 0.15) is 0 Å². The third-order valence-electron chi connectivity index (χ3n) is 3.54. The molecule has 1 aromatic rings. The van der Waals surface area contributed by atoms with E-state index in [1.54, 1.807) is 18.1 Å². The van der Waals surface area contributed by atoms with Crippen LogP contribution in [0.5, 0.6) is 0 Å². The molecule has 0 spiro atoms. The van der Waals surface area contributed by atoms with Crippen molar-refractivity contribution in [2.24, 2.45) is 0 Å². The summed E-state index contributed by atoms with van der Waals surface area (Å²) in [5.41, 5.74) is 1.93. The van der Waals surface area contributed by atoms with Crippen molar-refractivity contribution in [1.82, 2.24) is 9.88 Å². The summed E-state index contributed by atoms with van der Waals surface area (Å²) in [5, 5.41) is 9.15. The van der Waals surface area contributed by atoms with Gasteiger partial charge < -0.3 is 5.11 Å². The summed E-state index contributed by atoms with van der Waals surface area (Å²) in [4.78, 5) is 5.83. The Bertz CT molecular complexity index is 436. The summed E-state index contributed by atoms with van der Waals surface area (Å²) in [6.45, 7) is -0.426. The van der Waals surface area contributed by atoms with Crippen LogP contribution in [0, 0.1) is 0 Å². The Morgan fingerprint density at radius 1 is 1.53 bits per heavy atom. The first-order chi connectivity index (χ1) is 8.89. The number of alkyl halides is 3. The van der Waals surface area contributed by atoms with E-state index in [0.29, 0.717) is 0 Å². The summed E-state index contributed by atoms with van der Waals surface area (Å²) in [6.07, 6.45) is -2.62. The molecular weight excluding hydrogens is 257 g/mol. The molecule has 1 aliphatic carbocycles. The van der Waals surface area contributed by atoms with Gasteiger partial charge in [0.25, 0.3) is 0 Å². The predicted octanol–water partition coefficient (Wildman–Crippen LogP) is 2.31. The molecule has 2 rings (SSSR count). The van der Waals surface area contributed by atoms with Gasteiger partial charge in [-0.2, -0.15) is 13.2 Å². The van der Waals surface area contributed by atoms with Crippen LogP contribution in [0.1, 0.15) is 30.1 Å². The standard InChI is InChI=1S/C13H17F3N2O/c1-18(8-11(19)13(14,15)16)10-6-2-4-9-5-3-7-17-12(9)10/h3,5,7,10-11,19H,2,4,6,8H2,1H3/t10-,11+/m0/s1. The van der Waals surface area contributed by atoms with Crippen LogP contribution in [-0.2, 0) is 6.42 Å². The Labute approximate surface area is 110 Å². The van der Waals surface area contributed by atoms with Crippen LogP contribution in [0.3, 0.4) is 0 Å². The van der Waals surface area contributed by atoms with E-state index in [-0.39, 0.29) is 6.04 Å². The topological polar surface area (TPSA) is 36.4 Å². The smallest absolute Gasteiger partial charge is 0.382 e. The molecule has 0 aliphatic heterocycles. The summed E-state index contributed by atoms with van der Waals surface area (Å²) in [7, 11) is 1.60. The lowest BCUT2D eigenvalue weighted by atomic mass is 9.91. The number of aryl methyl sites for hydroxylation is 1. The number of aromatic nitrogens is 1. The molecule has 1 heterocycles. The van der Waals surface area contributed by atoms with E-state index >= 15 is 0 Å². The minimum absolute atomic E-state index is 0.151. The first-order valence-electron chi connectivity index (χ1n) is 6.28. The first kappa shape index (κ1) is 14.3. The highest BCUT2D eigenvalue weighted by atomic mass is 19.4. The van der Waals surface area contributed by atoms with E-state index in [1.807, 2.05) is 12.1 Å². The van der Waals surface area contributed by atoms with Crippen molar-refractivity contribution in [3.05, 3.63) is 29.6 Å². The molecule has 1 aromatic heterocycles. The van der Waals surface area contributed by atoms with Gasteiger partial charge >= 0.3 is 6.18 Å². The fourth-order valence-electron chi connectivity index (χ4n) is 2.52. The number of aliphatic hydroxyl groups excluding tert-OH is 1. The summed E-state index contributed by atoms with van der Waals surface area (Å²) < 4.78 is 37.1. The van der Waals surface area contributed by atoms with E-state index in [9.17, 15) is 13.2 Å². The van der Waals surface area contributed by atoms with Gasteiger partial charge in [-0.05, 0) is 37.9 Å². The van der Waals surface area contributed by atoms with Gasteiger partial charge in [0.05, 0.1) is 11.7 Å². The number of halogens is 3. The van der Waals surface area contributed by atoms with Gasteiger partial charge in [-0.15, -0.1) is 0 Å². The largest absolute Gasteiger partial charge is 0.415 e. The quantitative estimate of drug-likeness (QED) is 0.919. The molecule has 6 heteroatoms. The molecule has 3 nitrogen and oxygen atoms in total. The van der Waals surface area contributed by atoms with Crippen molar-refractivity contribution in [3.8, 4) is 0 Å². The average molecular weight is 274 g/mol. The predicted molar refractivity (Wildman–Crippen MR) is 64.6 cm³/mol. The van der Waals surface area contributed by atoms with Gasteiger partial charge in [0.15, 0.2) is 6.10 Å². The van der Waals surface area contributed by atoms with E-state index in [1.165, 1.54) is 0 Å². The van der Waals surface area contributed by atoms with Gasteiger partial charge in [-0.25, -0.2) is 0 Å². The first-order valence-corrected chi connectivity index (χ1v) is 6.28. The van der Waals surface area contributed by atoms with Crippen molar-refractivity contribution >= 4 is 0 Å². The lowest BCUT2D eigenvalue weighted by Crippen LogP contribution is -2.41. The highest BCUT2D eigenvalue weighted by molar-refractivity contribution is 5.25. The number of hydrogen-bond acceptors (Lipinski definition) is 3. The third-order valence-corrected chi connectivity index (χ3v) is 3.54. The molecule has 19 heavy (non-hydrogen) atoms. The molecule has 0 bridgehead atoms. The van der Waals surface area contributed by atoms with Crippen molar-refractivity contribution in [3.63, 3.8) is 0 Å². The van der Waals surface area contributed by atoms with E-state index in [0.717, 1.165) is 30.5 Å². The maximum absolute atomic E-state index is 12.4. The van der Waals surface area contributed by atoms with E-state index in [2.05, 4.69) is 4.98 Å². The molecule has 106 valence electrons. The Kier molecular flexibility index (Phi) is 4.10. The second kappa shape index (κ2) is 5.46. The lowest BCUT2D eigenvalue weighted by Gasteiger charge is -2.33. The van der Waals surface area contributed by atoms with Crippen LogP contribution in [-0.4, -0.2) is 40.9 Å². The Balaban J connectivity index is 2.11. The summed E-state index contributed by atoms with van der Waals surface area (Å²) >= 11 is 0. The van der Waals surface area contributed by atoms with Crippen LogP contribution >= 0.6 is 0 Å².